The lowest BCUT2D eigenvalue weighted by Gasteiger charge is -2.56. The van der Waals surface area contributed by atoms with Gasteiger partial charge < -0.3 is 24.4 Å². The summed E-state index contributed by atoms with van der Waals surface area (Å²) in [6.07, 6.45) is 12.8. The average molecular weight is 790 g/mol. The van der Waals surface area contributed by atoms with E-state index in [4.69, 9.17) is 21.6 Å². The molecule has 0 atom stereocenters. The van der Waals surface area contributed by atoms with Gasteiger partial charge in [-0.15, -0.1) is 10.2 Å². The second-order valence-corrected chi connectivity index (χ2v) is 17.0. The number of hydrogen-bond acceptors (Lipinski definition) is 9. The van der Waals surface area contributed by atoms with E-state index in [9.17, 15) is 14.4 Å². The summed E-state index contributed by atoms with van der Waals surface area (Å²) in [5.41, 5.74) is 3.17. The third-order valence-corrected chi connectivity index (χ3v) is 13.5. The minimum atomic E-state index is -0.347. The van der Waals surface area contributed by atoms with Crippen molar-refractivity contribution in [2.75, 3.05) is 42.5 Å². The van der Waals surface area contributed by atoms with E-state index in [1.165, 1.54) is 12.8 Å². The quantitative estimate of drug-likeness (QED) is 0.201. The number of nitrogens with one attached hydrogen (secondary N) is 2. The number of imide groups is 1. The second kappa shape index (κ2) is 15.6. The maximum absolute atomic E-state index is 13.1. The third kappa shape index (κ3) is 7.65. The van der Waals surface area contributed by atoms with Gasteiger partial charge in [0.05, 0.1) is 27.9 Å². The van der Waals surface area contributed by atoms with E-state index in [1.54, 1.807) is 29.2 Å². The van der Waals surface area contributed by atoms with Crippen LogP contribution in [0.1, 0.15) is 92.7 Å². The van der Waals surface area contributed by atoms with E-state index in [0.717, 1.165) is 100.0 Å². The van der Waals surface area contributed by atoms with Crippen LogP contribution in [0.15, 0.2) is 60.8 Å². The molecule has 2 N–H and O–H groups in total. The van der Waals surface area contributed by atoms with Gasteiger partial charge in [0.25, 0.3) is 5.91 Å². The number of benzene rings is 2. The number of hydrogen-bond donors (Lipinski definition) is 2. The Bertz CT molecular complexity index is 2190. The summed E-state index contributed by atoms with van der Waals surface area (Å²) in [7, 11) is 0. The van der Waals surface area contributed by atoms with Crippen LogP contribution in [0, 0.1) is 16.7 Å². The molecule has 296 valence electrons. The normalized spacial score (nSPS) is 23.2. The maximum Gasteiger partial charge on any atom is 0.328 e. The van der Waals surface area contributed by atoms with Crippen LogP contribution >= 0.6 is 11.6 Å². The summed E-state index contributed by atoms with van der Waals surface area (Å²) >= 11 is 6.16. The summed E-state index contributed by atoms with van der Waals surface area (Å²) in [5.74, 6) is 1.07. The van der Waals surface area contributed by atoms with Crippen LogP contribution < -0.4 is 25.2 Å². The van der Waals surface area contributed by atoms with Crippen molar-refractivity contribution in [2.45, 2.75) is 94.9 Å². The topological polar surface area (TPSA) is 149 Å². The number of halogens is 1. The highest BCUT2D eigenvalue weighted by atomic mass is 35.5. The van der Waals surface area contributed by atoms with Gasteiger partial charge >= 0.3 is 6.03 Å². The fourth-order valence-corrected chi connectivity index (χ4v) is 10.1. The molecule has 3 aliphatic heterocycles. The van der Waals surface area contributed by atoms with Crippen molar-refractivity contribution in [1.82, 2.24) is 30.3 Å². The van der Waals surface area contributed by atoms with Crippen molar-refractivity contribution in [2.24, 2.45) is 5.41 Å². The number of piperidine rings is 2. The number of likely N-dealkylation sites (tertiary alicyclic amines) is 1. The number of ether oxygens (including phenoxy) is 1. The van der Waals surface area contributed by atoms with Crippen molar-refractivity contribution in [3.63, 3.8) is 0 Å². The Balaban J connectivity index is 0.707. The first-order valence-electron chi connectivity index (χ1n) is 20.4. The minimum Gasteiger partial charge on any atom is -0.490 e. The van der Waals surface area contributed by atoms with Gasteiger partial charge in [-0.05, 0) is 112 Å². The molecule has 13 nitrogen and oxygen atoms in total. The van der Waals surface area contributed by atoms with E-state index in [1.807, 2.05) is 18.2 Å². The Morgan fingerprint density at radius 1 is 0.912 bits per heavy atom. The molecule has 2 aromatic carbocycles. The van der Waals surface area contributed by atoms with E-state index in [0.29, 0.717) is 52.5 Å². The van der Waals surface area contributed by atoms with Gasteiger partial charge in [0.15, 0.2) is 11.5 Å². The molecule has 2 aromatic heterocycles. The fourth-order valence-electron chi connectivity index (χ4n) is 9.92. The summed E-state index contributed by atoms with van der Waals surface area (Å²) < 4.78 is 8.49. The zero-order valence-electron chi connectivity index (χ0n) is 32.0. The number of aromatic nitrogens is 3. The molecular formula is C43H48ClN9O4. The number of carbonyl (C=O) groups is 3. The number of anilines is 2. The van der Waals surface area contributed by atoms with Crippen molar-refractivity contribution >= 4 is 51.9 Å². The minimum absolute atomic E-state index is 0.0376. The van der Waals surface area contributed by atoms with Crippen molar-refractivity contribution in [3.05, 3.63) is 77.1 Å². The summed E-state index contributed by atoms with van der Waals surface area (Å²) in [6, 6.07) is 19.9. The number of carbonyl (C=O) groups excluding carboxylic acids is 3. The SMILES string of the molecule is N#Cc1ccc(O[C@H]2CC[C@H](NC(=O)c3ccc(N4CCC5(CC4)CC(N4CCC(n6ccc7c(N8CCC(=O)NC8=O)cccc76)CC4)C5)nn3)CC2)cc1Cl. The zero-order chi connectivity index (χ0) is 39.1. The Morgan fingerprint density at radius 2 is 1.70 bits per heavy atom. The molecule has 57 heavy (non-hydrogen) atoms. The number of urea groups is 1. The van der Waals surface area contributed by atoms with Crippen LogP contribution in [0.5, 0.6) is 5.75 Å². The number of amides is 4. The number of fused-ring (bicyclic) bond motifs is 1. The Morgan fingerprint density at radius 3 is 2.40 bits per heavy atom. The van der Waals surface area contributed by atoms with Gasteiger partial charge in [-0.1, -0.05) is 17.7 Å². The molecular weight excluding hydrogens is 742 g/mol. The summed E-state index contributed by atoms with van der Waals surface area (Å²) in [5, 5.41) is 24.9. The van der Waals surface area contributed by atoms with Crippen molar-refractivity contribution in [3.8, 4) is 11.8 Å². The molecule has 4 amide bonds. The smallest absolute Gasteiger partial charge is 0.328 e. The van der Waals surface area contributed by atoms with Gasteiger partial charge in [-0.2, -0.15) is 5.26 Å². The van der Waals surface area contributed by atoms with Gasteiger partial charge in [0.1, 0.15) is 11.8 Å². The number of rotatable bonds is 8. The molecule has 0 bridgehead atoms. The number of nitrogens with zero attached hydrogens (tertiary/aromatic N) is 7. The Kier molecular flexibility index (Phi) is 10.3. The standard InChI is InChI=1S/C43H48ClN9O4/c44-35-24-33(7-4-28(35)27-45)57-32-8-5-29(6-9-32)46-41(55)36-10-11-39(49-48-36)51-22-16-43(17-23-51)25-31(26-43)50-18-12-30(13-19-50)52-20-14-34-37(52)2-1-3-38(34)53-21-15-40(54)47-42(53)56/h1-4,7,10-11,14,20,24,29-32H,5-6,8-9,12-13,15-19,21-23,25-26H2,(H,46,55)(H,47,54,56)/t29-,32-. The lowest BCUT2D eigenvalue weighted by Crippen LogP contribution is -2.56. The highest BCUT2D eigenvalue weighted by Crippen LogP contribution is 2.52. The molecule has 0 unspecified atom stereocenters. The van der Waals surface area contributed by atoms with E-state index in [2.05, 4.69) is 59.6 Å². The first-order valence-corrected chi connectivity index (χ1v) is 20.8. The highest BCUT2D eigenvalue weighted by molar-refractivity contribution is 6.31. The van der Waals surface area contributed by atoms with Crippen molar-refractivity contribution in [1.29, 1.82) is 5.26 Å². The maximum atomic E-state index is 13.1. The van der Waals surface area contributed by atoms with E-state index >= 15 is 0 Å². The van der Waals surface area contributed by atoms with Gasteiger partial charge in [0, 0.05) is 74.9 Å². The molecule has 5 aliphatic rings. The monoisotopic (exact) mass is 789 g/mol. The van der Waals surface area contributed by atoms with Crippen LogP contribution in [0.3, 0.4) is 0 Å². The van der Waals surface area contributed by atoms with Crippen LogP contribution in [0.4, 0.5) is 16.3 Å². The first-order chi connectivity index (χ1) is 27.7. The largest absolute Gasteiger partial charge is 0.490 e. The predicted octanol–water partition coefficient (Wildman–Crippen LogP) is 6.61. The Labute approximate surface area is 337 Å². The lowest BCUT2D eigenvalue weighted by atomic mass is 9.60. The zero-order valence-corrected chi connectivity index (χ0v) is 32.8. The molecule has 1 spiro atoms. The van der Waals surface area contributed by atoms with Crippen LogP contribution in [0.2, 0.25) is 5.02 Å². The Hall–Kier alpha value is -5.19. The number of nitriles is 1. The van der Waals surface area contributed by atoms with Gasteiger partial charge in [-0.3, -0.25) is 19.8 Å². The third-order valence-electron chi connectivity index (χ3n) is 13.2. The van der Waals surface area contributed by atoms with E-state index in [-0.39, 0.29) is 30.0 Å². The molecule has 9 rings (SSSR count). The van der Waals surface area contributed by atoms with E-state index < -0.39 is 0 Å². The molecule has 5 heterocycles. The molecule has 2 aliphatic carbocycles. The van der Waals surface area contributed by atoms with Crippen LogP contribution in [-0.4, -0.2) is 88.4 Å². The molecule has 0 radical (unpaired) electrons. The van der Waals surface area contributed by atoms with Crippen LogP contribution in [0.25, 0.3) is 10.9 Å². The van der Waals surface area contributed by atoms with Gasteiger partial charge in [0.2, 0.25) is 5.91 Å². The predicted molar refractivity (Wildman–Crippen MR) is 217 cm³/mol. The fraction of sp³-hybridized carbons (Fsp3) is 0.488. The molecule has 3 saturated heterocycles. The molecule has 4 aromatic rings. The molecule has 2 saturated carbocycles. The first kappa shape index (κ1) is 37.4. The average Bonchev–Trinajstić information content (AvgIpc) is 3.66. The molecule has 14 heteroatoms. The summed E-state index contributed by atoms with van der Waals surface area (Å²) in [6.45, 7) is 4.49. The highest BCUT2D eigenvalue weighted by Gasteiger charge is 2.48. The van der Waals surface area contributed by atoms with Crippen LogP contribution in [-0.2, 0) is 4.79 Å². The molecule has 5 fully saturated rings. The van der Waals surface area contributed by atoms with Crippen molar-refractivity contribution < 1.29 is 19.1 Å². The van der Waals surface area contributed by atoms with Gasteiger partial charge in [-0.25, -0.2) is 4.79 Å². The summed E-state index contributed by atoms with van der Waals surface area (Å²) in [4.78, 5) is 44.0. The second-order valence-electron chi connectivity index (χ2n) is 16.6. The lowest BCUT2D eigenvalue weighted by molar-refractivity contribution is -0.120.